The van der Waals surface area contributed by atoms with Crippen molar-refractivity contribution in [3.63, 3.8) is 0 Å². The topological polar surface area (TPSA) is 53.8 Å². The Bertz CT molecular complexity index is 1140. The van der Waals surface area contributed by atoms with Gasteiger partial charge in [0.1, 0.15) is 5.58 Å². The van der Waals surface area contributed by atoms with Crippen LogP contribution in [-0.2, 0) is 0 Å². The summed E-state index contributed by atoms with van der Waals surface area (Å²) in [5.74, 6) is -0.209. The number of rotatable bonds is 4. The Balaban J connectivity index is 1.96. The number of benzene rings is 2. The molecule has 0 radical (unpaired) electrons. The highest BCUT2D eigenvalue weighted by Gasteiger charge is 2.42. The summed E-state index contributed by atoms with van der Waals surface area (Å²) in [6.45, 7) is 1.10. The smallest absolute Gasteiger partial charge is 0.290 e. The van der Waals surface area contributed by atoms with Crippen LogP contribution in [0.5, 0.6) is 0 Å². The van der Waals surface area contributed by atoms with E-state index < -0.39 is 6.04 Å². The van der Waals surface area contributed by atoms with Crippen LogP contribution in [0.4, 0.5) is 0 Å². The van der Waals surface area contributed by atoms with Gasteiger partial charge in [-0.05, 0) is 50.0 Å². The lowest BCUT2D eigenvalue weighted by molar-refractivity contribution is 0.0716. The van der Waals surface area contributed by atoms with Crippen molar-refractivity contribution < 1.29 is 9.21 Å². The zero-order chi connectivity index (χ0) is 20.0. The first-order valence-corrected chi connectivity index (χ1v) is 9.60. The Morgan fingerprint density at radius 3 is 2.54 bits per heavy atom. The number of amides is 1. The Labute approximate surface area is 172 Å². The summed E-state index contributed by atoms with van der Waals surface area (Å²) >= 11 is 12.3. The highest BCUT2D eigenvalue weighted by atomic mass is 35.5. The summed E-state index contributed by atoms with van der Waals surface area (Å²) in [7, 11) is 3.86. The Kier molecular flexibility index (Phi) is 4.91. The molecule has 1 aliphatic rings. The van der Waals surface area contributed by atoms with Crippen LogP contribution in [0.25, 0.3) is 11.0 Å². The fraction of sp³-hybridized carbons (Fsp3) is 0.238. The number of hydrogen-bond donors (Lipinski definition) is 0. The van der Waals surface area contributed by atoms with Gasteiger partial charge >= 0.3 is 0 Å². The number of likely N-dealkylation sites (N-methyl/N-ethyl adjacent to an activating group) is 1. The maximum absolute atomic E-state index is 13.3. The molecule has 1 atom stereocenters. The first-order chi connectivity index (χ1) is 13.4. The summed E-state index contributed by atoms with van der Waals surface area (Å²) in [6, 6.07) is 11.5. The maximum Gasteiger partial charge on any atom is 0.290 e. The van der Waals surface area contributed by atoms with E-state index in [1.54, 1.807) is 35.2 Å². The van der Waals surface area contributed by atoms with E-state index in [9.17, 15) is 9.59 Å². The molecule has 0 saturated carbocycles. The zero-order valence-electron chi connectivity index (χ0n) is 15.4. The Hall–Kier alpha value is -2.34. The molecule has 7 heteroatoms. The van der Waals surface area contributed by atoms with E-state index in [-0.39, 0.29) is 17.1 Å². The molecular formula is C21H18Cl2N2O3. The maximum atomic E-state index is 13.3. The lowest BCUT2D eigenvalue weighted by Gasteiger charge is -2.26. The van der Waals surface area contributed by atoms with Gasteiger partial charge in [0.2, 0.25) is 5.76 Å². The number of carbonyl (C=O) groups excluding carboxylic acids is 1. The van der Waals surface area contributed by atoms with Crippen LogP contribution in [0, 0.1) is 0 Å². The first kappa shape index (κ1) is 19.0. The van der Waals surface area contributed by atoms with Gasteiger partial charge in [-0.2, -0.15) is 0 Å². The van der Waals surface area contributed by atoms with Gasteiger partial charge in [0, 0.05) is 23.1 Å². The fourth-order valence-corrected chi connectivity index (χ4v) is 3.93. The number of carbonyl (C=O) groups is 1. The molecule has 1 aromatic heterocycles. The molecule has 0 fully saturated rings. The third kappa shape index (κ3) is 3.20. The SMILES string of the molecule is CN(C)CCN1C(=O)c2oc3ccc(Cl)cc3c(=O)c2C1c1cccc(Cl)c1. The monoisotopic (exact) mass is 416 g/mol. The average Bonchev–Trinajstić information content (AvgIpc) is 2.93. The van der Waals surface area contributed by atoms with Crippen molar-refractivity contribution in [3.8, 4) is 0 Å². The molecule has 4 rings (SSSR count). The molecule has 0 aliphatic carbocycles. The molecule has 3 aromatic rings. The van der Waals surface area contributed by atoms with Gasteiger partial charge in [0.15, 0.2) is 5.43 Å². The van der Waals surface area contributed by atoms with Crippen molar-refractivity contribution in [1.82, 2.24) is 9.80 Å². The second-order valence-corrected chi connectivity index (χ2v) is 7.95. The predicted octanol–water partition coefficient (Wildman–Crippen LogP) is 4.21. The standard InChI is InChI=1S/C21H18Cl2N2O3/c1-24(2)8-9-25-18(12-4-3-5-13(22)10-12)17-19(26)15-11-14(23)6-7-16(15)28-20(17)21(25)27/h3-7,10-11,18H,8-9H2,1-2H3. The third-order valence-corrected chi connectivity index (χ3v) is 5.35. The molecule has 144 valence electrons. The summed E-state index contributed by atoms with van der Waals surface area (Å²) in [6.07, 6.45) is 0. The summed E-state index contributed by atoms with van der Waals surface area (Å²) in [5.41, 5.74) is 1.21. The summed E-state index contributed by atoms with van der Waals surface area (Å²) in [4.78, 5) is 30.1. The van der Waals surface area contributed by atoms with Gasteiger partial charge in [0.05, 0.1) is 17.0 Å². The zero-order valence-corrected chi connectivity index (χ0v) is 16.9. The van der Waals surface area contributed by atoms with E-state index in [4.69, 9.17) is 27.6 Å². The van der Waals surface area contributed by atoms with Crippen molar-refractivity contribution in [2.24, 2.45) is 0 Å². The van der Waals surface area contributed by atoms with E-state index in [0.29, 0.717) is 39.7 Å². The van der Waals surface area contributed by atoms with Crippen LogP contribution in [0.2, 0.25) is 10.0 Å². The largest absolute Gasteiger partial charge is 0.450 e. The van der Waals surface area contributed by atoms with Crippen LogP contribution in [0.3, 0.4) is 0 Å². The molecule has 2 heterocycles. The molecule has 28 heavy (non-hydrogen) atoms. The molecule has 2 aromatic carbocycles. The number of fused-ring (bicyclic) bond motifs is 2. The van der Waals surface area contributed by atoms with Crippen molar-refractivity contribution in [3.05, 3.63) is 79.6 Å². The highest BCUT2D eigenvalue weighted by Crippen LogP contribution is 2.38. The fourth-order valence-electron chi connectivity index (χ4n) is 3.55. The van der Waals surface area contributed by atoms with Crippen molar-refractivity contribution in [2.75, 3.05) is 27.2 Å². The summed E-state index contributed by atoms with van der Waals surface area (Å²) < 4.78 is 5.87. The molecule has 1 amide bonds. The Morgan fingerprint density at radius 1 is 1.07 bits per heavy atom. The van der Waals surface area contributed by atoms with Gasteiger partial charge in [-0.25, -0.2) is 0 Å². The molecule has 5 nitrogen and oxygen atoms in total. The van der Waals surface area contributed by atoms with Gasteiger partial charge in [0.25, 0.3) is 5.91 Å². The lowest BCUT2D eigenvalue weighted by Crippen LogP contribution is -2.35. The average molecular weight is 417 g/mol. The molecule has 0 bridgehead atoms. The second-order valence-electron chi connectivity index (χ2n) is 7.07. The van der Waals surface area contributed by atoms with Crippen molar-refractivity contribution >= 4 is 40.1 Å². The molecule has 0 saturated heterocycles. The van der Waals surface area contributed by atoms with E-state index in [1.165, 1.54) is 0 Å². The van der Waals surface area contributed by atoms with Gasteiger partial charge < -0.3 is 14.2 Å². The van der Waals surface area contributed by atoms with Crippen LogP contribution in [0.15, 0.2) is 51.7 Å². The molecule has 0 spiro atoms. The van der Waals surface area contributed by atoms with Crippen molar-refractivity contribution in [2.45, 2.75) is 6.04 Å². The van der Waals surface area contributed by atoms with Crippen LogP contribution >= 0.6 is 23.2 Å². The molecular weight excluding hydrogens is 399 g/mol. The normalized spacial score (nSPS) is 16.2. The number of halogens is 2. The van der Waals surface area contributed by atoms with E-state index in [1.807, 2.05) is 31.1 Å². The highest BCUT2D eigenvalue weighted by molar-refractivity contribution is 6.31. The van der Waals surface area contributed by atoms with Crippen molar-refractivity contribution in [1.29, 1.82) is 0 Å². The number of hydrogen-bond acceptors (Lipinski definition) is 4. The van der Waals surface area contributed by atoms with Gasteiger partial charge in [-0.15, -0.1) is 0 Å². The first-order valence-electron chi connectivity index (χ1n) is 8.84. The molecule has 0 N–H and O–H groups in total. The van der Waals surface area contributed by atoms with Gasteiger partial charge in [-0.3, -0.25) is 9.59 Å². The van der Waals surface area contributed by atoms with E-state index >= 15 is 0 Å². The van der Waals surface area contributed by atoms with Crippen LogP contribution in [-0.4, -0.2) is 42.9 Å². The second kappa shape index (κ2) is 7.24. The van der Waals surface area contributed by atoms with E-state index in [0.717, 1.165) is 5.56 Å². The van der Waals surface area contributed by atoms with E-state index in [2.05, 4.69) is 0 Å². The number of nitrogens with zero attached hydrogens (tertiary/aromatic N) is 2. The van der Waals surface area contributed by atoms with Crippen LogP contribution in [0.1, 0.15) is 27.7 Å². The Morgan fingerprint density at radius 2 is 1.82 bits per heavy atom. The third-order valence-electron chi connectivity index (χ3n) is 4.88. The van der Waals surface area contributed by atoms with Crippen LogP contribution < -0.4 is 5.43 Å². The minimum Gasteiger partial charge on any atom is -0.450 e. The summed E-state index contributed by atoms with van der Waals surface area (Å²) in [5, 5.41) is 1.34. The molecule has 1 aliphatic heterocycles. The predicted molar refractivity (Wildman–Crippen MR) is 110 cm³/mol. The lowest BCUT2D eigenvalue weighted by atomic mass is 9.98. The quantitative estimate of drug-likeness (QED) is 0.639. The minimum atomic E-state index is -0.555. The molecule has 1 unspecified atom stereocenters. The van der Waals surface area contributed by atoms with Gasteiger partial charge in [-0.1, -0.05) is 35.3 Å². The minimum absolute atomic E-state index is 0.0866.